The smallest absolute Gasteiger partial charge is 0.289 e. The first-order valence-electron chi connectivity index (χ1n) is 9.12. The Balaban J connectivity index is 1.64. The Morgan fingerprint density at radius 1 is 1.07 bits per heavy atom. The Labute approximate surface area is 159 Å². The molecule has 0 aliphatic carbocycles. The highest BCUT2D eigenvalue weighted by Crippen LogP contribution is 2.22. The second-order valence-corrected chi connectivity index (χ2v) is 6.94. The fraction of sp³-hybridized carbons (Fsp3) is 0.273. The van der Waals surface area contributed by atoms with Crippen molar-refractivity contribution in [1.29, 1.82) is 0 Å². The van der Waals surface area contributed by atoms with E-state index >= 15 is 0 Å². The molecular weight excluding hydrogens is 338 g/mol. The number of carbonyl (C=O) groups excluding carboxylic acids is 1. The third-order valence-electron chi connectivity index (χ3n) is 4.54. The van der Waals surface area contributed by atoms with Crippen LogP contribution in [0.4, 0.5) is 0 Å². The summed E-state index contributed by atoms with van der Waals surface area (Å²) in [7, 11) is 0. The maximum absolute atomic E-state index is 12.5. The molecule has 140 valence electrons. The topological polar surface area (TPSA) is 81.2 Å². The Bertz CT molecular complexity index is 899. The molecule has 0 aliphatic heterocycles. The molecule has 1 aromatic heterocycles. The number of carbonyl (C=O) groups is 1. The molecule has 1 heterocycles. The summed E-state index contributed by atoms with van der Waals surface area (Å²) in [5, 5.41) is 2.84. The molecule has 5 heteroatoms. The summed E-state index contributed by atoms with van der Waals surface area (Å²) in [5.74, 6) is 0.822. The number of hydrogen-bond donors (Lipinski definition) is 2. The zero-order chi connectivity index (χ0) is 19.4. The zero-order valence-electron chi connectivity index (χ0n) is 15.9. The Kier molecular flexibility index (Phi) is 5.72. The van der Waals surface area contributed by atoms with Gasteiger partial charge in [-0.25, -0.2) is 4.98 Å². The number of nitrogens with one attached hydrogen (secondary N) is 1. The molecule has 3 aromatic rings. The third kappa shape index (κ3) is 4.44. The summed E-state index contributed by atoms with van der Waals surface area (Å²) in [4.78, 5) is 16.8. The first-order chi connectivity index (χ1) is 13.0. The van der Waals surface area contributed by atoms with Gasteiger partial charge in [-0.2, -0.15) is 0 Å². The molecule has 0 bridgehead atoms. The van der Waals surface area contributed by atoms with Crippen LogP contribution in [-0.2, 0) is 0 Å². The van der Waals surface area contributed by atoms with E-state index in [1.807, 2.05) is 42.5 Å². The molecule has 2 aromatic carbocycles. The molecule has 0 radical (unpaired) electrons. The number of oxazole rings is 1. The maximum Gasteiger partial charge on any atom is 0.289 e. The highest BCUT2D eigenvalue weighted by atomic mass is 16.4. The van der Waals surface area contributed by atoms with Crippen LogP contribution in [-0.4, -0.2) is 17.4 Å². The van der Waals surface area contributed by atoms with Gasteiger partial charge in [0.2, 0.25) is 11.7 Å². The Morgan fingerprint density at radius 3 is 2.33 bits per heavy atom. The summed E-state index contributed by atoms with van der Waals surface area (Å²) in [6.07, 6.45) is 0. The number of nitrogens with two attached hydrogens (primary N) is 1. The van der Waals surface area contributed by atoms with Crippen molar-refractivity contribution < 1.29 is 9.21 Å². The largest absolute Gasteiger partial charge is 0.431 e. The summed E-state index contributed by atoms with van der Waals surface area (Å²) in [6.45, 7) is 6.38. The molecule has 0 fully saturated rings. The van der Waals surface area contributed by atoms with Gasteiger partial charge in [0.1, 0.15) is 0 Å². The SMILES string of the molecule is Cc1nc(-c2ccccc2)oc1C(=O)NCC(N)c1ccc(C(C)C)cc1. The molecule has 1 unspecified atom stereocenters. The third-order valence-corrected chi connectivity index (χ3v) is 4.54. The van der Waals surface area contributed by atoms with Crippen molar-refractivity contribution >= 4 is 5.91 Å². The van der Waals surface area contributed by atoms with Crippen molar-refractivity contribution in [2.45, 2.75) is 32.7 Å². The van der Waals surface area contributed by atoms with Crippen LogP contribution in [0, 0.1) is 6.92 Å². The number of rotatable bonds is 6. The summed E-state index contributed by atoms with van der Waals surface area (Å²) < 4.78 is 5.68. The molecule has 0 aliphatic rings. The predicted octanol–water partition coefficient (Wildman–Crippen LogP) is 4.20. The van der Waals surface area contributed by atoms with Gasteiger partial charge in [-0.05, 0) is 36.1 Å². The molecule has 3 N–H and O–H groups in total. The lowest BCUT2D eigenvalue weighted by Gasteiger charge is -2.14. The van der Waals surface area contributed by atoms with Gasteiger partial charge in [0, 0.05) is 18.2 Å². The van der Waals surface area contributed by atoms with E-state index in [0.717, 1.165) is 11.1 Å². The van der Waals surface area contributed by atoms with Crippen LogP contribution in [0.3, 0.4) is 0 Å². The molecular formula is C22H25N3O2. The van der Waals surface area contributed by atoms with Crippen molar-refractivity contribution in [3.8, 4) is 11.5 Å². The molecule has 1 amide bonds. The second-order valence-electron chi connectivity index (χ2n) is 6.94. The lowest BCUT2D eigenvalue weighted by Crippen LogP contribution is -2.32. The standard InChI is InChI=1S/C22H25N3O2/c1-14(2)16-9-11-17(12-10-16)19(23)13-24-21(26)20-15(3)25-22(27-20)18-7-5-4-6-8-18/h4-12,14,19H,13,23H2,1-3H3,(H,24,26). The zero-order valence-corrected chi connectivity index (χ0v) is 15.9. The first-order valence-corrected chi connectivity index (χ1v) is 9.12. The Hall–Kier alpha value is -2.92. The average molecular weight is 363 g/mol. The van der Waals surface area contributed by atoms with Crippen LogP contribution >= 0.6 is 0 Å². The normalized spacial score (nSPS) is 12.2. The number of benzene rings is 2. The minimum Gasteiger partial charge on any atom is -0.431 e. The summed E-state index contributed by atoms with van der Waals surface area (Å²) >= 11 is 0. The van der Waals surface area contributed by atoms with Crippen molar-refractivity contribution in [2.24, 2.45) is 5.73 Å². The van der Waals surface area contributed by atoms with Gasteiger partial charge in [-0.1, -0.05) is 56.3 Å². The lowest BCUT2D eigenvalue weighted by atomic mass is 9.99. The minimum atomic E-state index is -0.309. The predicted molar refractivity (Wildman–Crippen MR) is 106 cm³/mol. The van der Waals surface area contributed by atoms with Gasteiger partial charge in [-0.3, -0.25) is 4.79 Å². The van der Waals surface area contributed by atoms with E-state index in [9.17, 15) is 4.79 Å². The van der Waals surface area contributed by atoms with Crippen LogP contribution < -0.4 is 11.1 Å². The highest BCUT2D eigenvalue weighted by molar-refractivity contribution is 5.92. The van der Waals surface area contributed by atoms with E-state index in [0.29, 0.717) is 24.0 Å². The monoisotopic (exact) mass is 363 g/mol. The molecule has 1 atom stereocenters. The molecule has 0 spiro atoms. The number of aromatic nitrogens is 1. The first kappa shape index (κ1) is 18.9. The summed E-state index contributed by atoms with van der Waals surface area (Å²) in [6, 6.07) is 17.4. The average Bonchev–Trinajstić information content (AvgIpc) is 3.08. The highest BCUT2D eigenvalue weighted by Gasteiger charge is 2.19. The van der Waals surface area contributed by atoms with E-state index in [2.05, 4.69) is 36.3 Å². The molecule has 0 saturated heterocycles. The van der Waals surface area contributed by atoms with Gasteiger partial charge in [0.25, 0.3) is 5.91 Å². The fourth-order valence-corrected chi connectivity index (χ4v) is 2.84. The number of amides is 1. The van der Waals surface area contributed by atoms with E-state index in [-0.39, 0.29) is 17.7 Å². The number of nitrogens with zero attached hydrogens (tertiary/aromatic N) is 1. The molecule has 5 nitrogen and oxygen atoms in total. The van der Waals surface area contributed by atoms with Crippen LogP contribution in [0.15, 0.2) is 59.0 Å². The van der Waals surface area contributed by atoms with Crippen LogP contribution in [0.1, 0.15) is 53.2 Å². The molecule has 0 saturated carbocycles. The summed E-state index contributed by atoms with van der Waals surface area (Å²) in [5.41, 5.74) is 9.86. The van der Waals surface area contributed by atoms with Crippen LogP contribution in [0.5, 0.6) is 0 Å². The maximum atomic E-state index is 12.5. The second kappa shape index (κ2) is 8.18. The lowest BCUT2D eigenvalue weighted by molar-refractivity contribution is 0.0923. The van der Waals surface area contributed by atoms with Crippen molar-refractivity contribution in [1.82, 2.24) is 10.3 Å². The van der Waals surface area contributed by atoms with Gasteiger partial charge >= 0.3 is 0 Å². The Morgan fingerprint density at radius 2 is 1.70 bits per heavy atom. The number of aryl methyl sites for hydroxylation is 1. The van der Waals surface area contributed by atoms with Crippen molar-refractivity contribution in [3.63, 3.8) is 0 Å². The van der Waals surface area contributed by atoms with E-state index in [1.165, 1.54) is 5.56 Å². The van der Waals surface area contributed by atoms with Crippen LogP contribution in [0.2, 0.25) is 0 Å². The minimum absolute atomic E-state index is 0.219. The van der Waals surface area contributed by atoms with Crippen molar-refractivity contribution in [2.75, 3.05) is 6.54 Å². The van der Waals surface area contributed by atoms with Gasteiger partial charge < -0.3 is 15.5 Å². The van der Waals surface area contributed by atoms with E-state index in [1.54, 1.807) is 6.92 Å². The number of hydrogen-bond acceptors (Lipinski definition) is 4. The van der Waals surface area contributed by atoms with Gasteiger partial charge in [0.05, 0.1) is 5.69 Å². The molecule has 27 heavy (non-hydrogen) atoms. The van der Waals surface area contributed by atoms with Crippen LogP contribution in [0.25, 0.3) is 11.5 Å². The van der Waals surface area contributed by atoms with Crippen molar-refractivity contribution in [3.05, 3.63) is 77.2 Å². The van der Waals surface area contributed by atoms with E-state index < -0.39 is 0 Å². The van der Waals surface area contributed by atoms with Gasteiger partial charge in [0.15, 0.2) is 0 Å². The fourth-order valence-electron chi connectivity index (χ4n) is 2.84. The molecule has 3 rings (SSSR count). The van der Waals surface area contributed by atoms with Gasteiger partial charge in [-0.15, -0.1) is 0 Å². The quantitative estimate of drug-likeness (QED) is 0.687. The van der Waals surface area contributed by atoms with E-state index in [4.69, 9.17) is 10.2 Å².